The minimum absolute atomic E-state index is 0.204. The van der Waals surface area contributed by atoms with Crippen molar-refractivity contribution in [3.8, 4) is 22.6 Å². The number of halogens is 1. The number of pyridine rings is 1. The first kappa shape index (κ1) is 17.6. The molecule has 0 bridgehead atoms. The Hall–Kier alpha value is -2.77. The van der Waals surface area contributed by atoms with E-state index in [2.05, 4.69) is 24.8 Å². The summed E-state index contributed by atoms with van der Waals surface area (Å²) >= 11 is 0. The summed E-state index contributed by atoms with van der Waals surface area (Å²) in [6, 6.07) is 10.3. The van der Waals surface area contributed by atoms with Crippen LogP contribution >= 0.6 is 0 Å². The molecule has 2 N–H and O–H groups in total. The van der Waals surface area contributed by atoms with Gasteiger partial charge in [0.15, 0.2) is 0 Å². The van der Waals surface area contributed by atoms with Crippen molar-refractivity contribution in [2.45, 2.75) is 0 Å². The Morgan fingerprint density at radius 1 is 1.00 bits per heavy atom. The van der Waals surface area contributed by atoms with Gasteiger partial charge in [-0.3, -0.25) is 4.90 Å². The molecule has 1 fully saturated rings. The number of β-amino-alcohol motifs (C(OH)–C–C–N with tert-alkyl or cyclic N) is 1. The Kier molecular flexibility index (Phi) is 5.13. The molecular formula is C20H22FN5O. The van der Waals surface area contributed by atoms with Crippen LogP contribution < -0.4 is 4.90 Å². The molecule has 2 aromatic heterocycles. The van der Waals surface area contributed by atoms with Gasteiger partial charge in [0.1, 0.15) is 17.5 Å². The van der Waals surface area contributed by atoms with Gasteiger partial charge in [0.2, 0.25) is 0 Å². The fourth-order valence-electron chi connectivity index (χ4n) is 3.29. The van der Waals surface area contributed by atoms with Crippen LogP contribution in [-0.4, -0.2) is 64.3 Å². The molecule has 0 spiro atoms. The highest BCUT2D eigenvalue weighted by atomic mass is 19.1. The first-order chi connectivity index (χ1) is 13.2. The standard InChI is InChI=1S/C20H22FN5O/c21-17-4-1-15(2-5-17)18-14-23-20(24-18)16-3-6-19(22-13-16)26-9-7-25(8-10-26)11-12-27/h1-6,13-14,27H,7-12H2,(H,23,24). The second-order valence-corrected chi connectivity index (χ2v) is 6.60. The molecule has 4 rings (SSSR count). The molecule has 6 nitrogen and oxygen atoms in total. The lowest BCUT2D eigenvalue weighted by molar-refractivity contribution is 0.188. The molecule has 7 heteroatoms. The molecule has 0 aliphatic carbocycles. The number of anilines is 1. The van der Waals surface area contributed by atoms with Crippen molar-refractivity contribution in [1.29, 1.82) is 0 Å². The number of aliphatic hydroxyl groups excluding tert-OH is 1. The molecule has 1 aromatic carbocycles. The number of nitrogens with one attached hydrogen (secondary N) is 1. The molecule has 27 heavy (non-hydrogen) atoms. The lowest BCUT2D eigenvalue weighted by Gasteiger charge is -2.35. The van der Waals surface area contributed by atoms with Gasteiger partial charge in [-0.2, -0.15) is 0 Å². The third-order valence-electron chi connectivity index (χ3n) is 4.85. The second-order valence-electron chi connectivity index (χ2n) is 6.60. The van der Waals surface area contributed by atoms with Gasteiger partial charge < -0.3 is 15.0 Å². The van der Waals surface area contributed by atoms with Crippen molar-refractivity contribution in [2.24, 2.45) is 0 Å². The van der Waals surface area contributed by atoms with E-state index in [0.29, 0.717) is 0 Å². The molecule has 0 saturated carbocycles. The minimum atomic E-state index is -0.258. The van der Waals surface area contributed by atoms with E-state index in [-0.39, 0.29) is 12.4 Å². The van der Waals surface area contributed by atoms with Crippen LogP contribution in [0.5, 0.6) is 0 Å². The third-order valence-corrected chi connectivity index (χ3v) is 4.85. The van der Waals surface area contributed by atoms with Gasteiger partial charge in [0.25, 0.3) is 0 Å². The Bertz CT molecular complexity index is 870. The van der Waals surface area contributed by atoms with E-state index in [1.807, 2.05) is 24.5 Å². The fraction of sp³-hybridized carbons (Fsp3) is 0.300. The number of aliphatic hydroxyl groups is 1. The number of nitrogens with zero attached hydrogens (tertiary/aromatic N) is 4. The maximum atomic E-state index is 13.1. The normalized spacial score (nSPS) is 15.3. The van der Waals surface area contributed by atoms with Crippen molar-refractivity contribution in [1.82, 2.24) is 19.9 Å². The molecule has 1 aliphatic heterocycles. The number of H-pyrrole nitrogens is 1. The van der Waals surface area contributed by atoms with Gasteiger partial charge in [-0.25, -0.2) is 14.4 Å². The largest absolute Gasteiger partial charge is 0.395 e. The number of piperazine rings is 1. The summed E-state index contributed by atoms with van der Waals surface area (Å²) in [4.78, 5) is 16.9. The molecule has 1 aliphatic rings. The average Bonchev–Trinajstić information content (AvgIpc) is 3.20. The second kappa shape index (κ2) is 7.85. The quantitative estimate of drug-likeness (QED) is 0.725. The average molecular weight is 367 g/mol. The van der Waals surface area contributed by atoms with Gasteiger partial charge >= 0.3 is 0 Å². The number of imidazole rings is 1. The molecule has 0 radical (unpaired) electrons. The fourth-order valence-corrected chi connectivity index (χ4v) is 3.29. The highest BCUT2D eigenvalue weighted by Gasteiger charge is 2.17. The Morgan fingerprint density at radius 2 is 1.74 bits per heavy atom. The van der Waals surface area contributed by atoms with Gasteiger partial charge in [-0.05, 0) is 36.4 Å². The van der Waals surface area contributed by atoms with Crippen LogP contribution in [0.2, 0.25) is 0 Å². The molecule has 3 aromatic rings. The highest BCUT2D eigenvalue weighted by Crippen LogP contribution is 2.23. The van der Waals surface area contributed by atoms with Crippen LogP contribution in [0.4, 0.5) is 10.2 Å². The van der Waals surface area contributed by atoms with Crippen LogP contribution in [0, 0.1) is 5.82 Å². The summed E-state index contributed by atoms with van der Waals surface area (Å²) in [5, 5.41) is 9.03. The number of hydrogen-bond acceptors (Lipinski definition) is 5. The van der Waals surface area contributed by atoms with Crippen LogP contribution in [0.3, 0.4) is 0 Å². The lowest BCUT2D eigenvalue weighted by Crippen LogP contribution is -2.47. The van der Waals surface area contributed by atoms with E-state index in [4.69, 9.17) is 5.11 Å². The van der Waals surface area contributed by atoms with Crippen molar-refractivity contribution in [3.05, 3.63) is 54.6 Å². The predicted molar refractivity (Wildman–Crippen MR) is 103 cm³/mol. The van der Waals surface area contributed by atoms with Crippen LogP contribution in [0.1, 0.15) is 0 Å². The van der Waals surface area contributed by atoms with Crippen LogP contribution in [0.25, 0.3) is 22.6 Å². The summed E-state index contributed by atoms with van der Waals surface area (Å²) < 4.78 is 13.1. The van der Waals surface area contributed by atoms with E-state index in [0.717, 1.165) is 61.2 Å². The number of hydrogen-bond donors (Lipinski definition) is 2. The maximum absolute atomic E-state index is 13.1. The topological polar surface area (TPSA) is 68.3 Å². The maximum Gasteiger partial charge on any atom is 0.139 e. The zero-order valence-electron chi connectivity index (χ0n) is 15.0. The predicted octanol–water partition coefficient (Wildman–Crippen LogP) is 2.39. The van der Waals surface area contributed by atoms with E-state index in [9.17, 15) is 4.39 Å². The Morgan fingerprint density at radius 3 is 2.41 bits per heavy atom. The minimum Gasteiger partial charge on any atom is -0.395 e. The summed E-state index contributed by atoms with van der Waals surface area (Å²) in [5.74, 6) is 1.43. The molecule has 1 saturated heterocycles. The molecule has 0 amide bonds. The number of aromatic nitrogens is 3. The summed E-state index contributed by atoms with van der Waals surface area (Å²) in [6.07, 6.45) is 3.64. The van der Waals surface area contributed by atoms with Crippen molar-refractivity contribution < 1.29 is 9.50 Å². The van der Waals surface area contributed by atoms with E-state index < -0.39 is 0 Å². The van der Waals surface area contributed by atoms with E-state index in [1.165, 1.54) is 12.1 Å². The number of benzene rings is 1. The van der Waals surface area contributed by atoms with E-state index >= 15 is 0 Å². The van der Waals surface area contributed by atoms with Gasteiger partial charge in [0.05, 0.1) is 12.3 Å². The lowest BCUT2D eigenvalue weighted by atomic mass is 10.2. The molecule has 3 heterocycles. The molecule has 0 atom stereocenters. The summed E-state index contributed by atoms with van der Waals surface area (Å²) in [6.45, 7) is 4.61. The van der Waals surface area contributed by atoms with Gasteiger partial charge in [0, 0.05) is 56.2 Å². The summed E-state index contributed by atoms with van der Waals surface area (Å²) in [7, 11) is 0. The first-order valence-corrected chi connectivity index (χ1v) is 9.09. The molecule has 0 unspecified atom stereocenters. The molecule has 140 valence electrons. The SMILES string of the molecule is OCCN1CCN(c2ccc(-c3nc(-c4ccc(F)cc4)c[nH]3)cn2)CC1. The Balaban J connectivity index is 1.44. The highest BCUT2D eigenvalue weighted by molar-refractivity contribution is 5.64. The summed E-state index contributed by atoms with van der Waals surface area (Å²) in [5.41, 5.74) is 2.55. The van der Waals surface area contributed by atoms with Crippen LogP contribution in [0.15, 0.2) is 48.8 Å². The third kappa shape index (κ3) is 3.99. The van der Waals surface area contributed by atoms with E-state index in [1.54, 1.807) is 12.1 Å². The van der Waals surface area contributed by atoms with Crippen molar-refractivity contribution in [2.75, 3.05) is 44.2 Å². The molecular weight excluding hydrogens is 345 g/mol. The Labute approximate surface area is 157 Å². The monoisotopic (exact) mass is 367 g/mol. The van der Waals surface area contributed by atoms with Crippen LogP contribution in [-0.2, 0) is 0 Å². The zero-order chi connectivity index (χ0) is 18.6. The van der Waals surface area contributed by atoms with Gasteiger partial charge in [-0.15, -0.1) is 0 Å². The smallest absolute Gasteiger partial charge is 0.139 e. The number of rotatable bonds is 5. The van der Waals surface area contributed by atoms with Gasteiger partial charge in [-0.1, -0.05) is 0 Å². The first-order valence-electron chi connectivity index (χ1n) is 9.09. The zero-order valence-corrected chi connectivity index (χ0v) is 15.0. The van der Waals surface area contributed by atoms with Crippen molar-refractivity contribution >= 4 is 5.82 Å². The van der Waals surface area contributed by atoms with Crippen molar-refractivity contribution in [3.63, 3.8) is 0 Å². The number of aromatic amines is 1.